The van der Waals surface area contributed by atoms with Crippen LogP contribution < -0.4 is 0 Å². The molecule has 4 heteroatoms. The van der Waals surface area contributed by atoms with Gasteiger partial charge in [-0.15, -0.1) is 0 Å². The summed E-state index contributed by atoms with van der Waals surface area (Å²) >= 11 is 0. The van der Waals surface area contributed by atoms with Crippen LogP contribution in [0.4, 0.5) is 4.39 Å². The van der Waals surface area contributed by atoms with Crippen molar-refractivity contribution in [1.82, 2.24) is 9.80 Å². The van der Waals surface area contributed by atoms with Crippen LogP contribution in [0.25, 0.3) is 0 Å². The number of halogens is 1. The Morgan fingerprint density at radius 1 is 1.20 bits per heavy atom. The van der Waals surface area contributed by atoms with Crippen LogP contribution in [0.3, 0.4) is 0 Å². The molecule has 20 heavy (non-hydrogen) atoms. The van der Waals surface area contributed by atoms with Gasteiger partial charge in [0, 0.05) is 38.6 Å². The first-order chi connectivity index (χ1) is 9.60. The summed E-state index contributed by atoms with van der Waals surface area (Å²) < 4.78 is 12.9. The van der Waals surface area contributed by atoms with Crippen LogP contribution in [-0.2, 0) is 11.2 Å². The van der Waals surface area contributed by atoms with Gasteiger partial charge in [0.2, 0.25) is 5.91 Å². The molecular formula is C16H23FN2O. The van der Waals surface area contributed by atoms with E-state index in [4.69, 9.17) is 0 Å². The third-order valence-corrected chi connectivity index (χ3v) is 4.07. The minimum atomic E-state index is -0.194. The van der Waals surface area contributed by atoms with E-state index in [-0.39, 0.29) is 11.7 Å². The molecule has 110 valence electrons. The van der Waals surface area contributed by atoms with Crippen molar-refractivity contribution in [2.24, 2.45) is 0 Å². The molecule has 1 aromatic rings. The highest BCUT2D eigenvalue weighted by atomic mass is 19.1. The number of likely N-dealkylation sites (N-methyl/N-ethyl adjacent to an activating group) is 1. The van der Waals surface area contributed by atoms with E-state index in [2.05, 4.69) is 11.8 Å². The Kier molecular flexibility index (Phi) is 5.12. The van der Waals surface area contributed by atoms with Gasteiger partial charge in [0.25, 0.3) is 0 Å². The second kappa shape index (κ2) is 6.84. The molecule has 1 amide bonds. The molecule has 1 fully saturated rings. The Balaban J connectivity index is 1.93. The van der Waals surface area contributed by atoms with E-state index in [1.807, 2.05) is 24.0 Å². The van der Waals surface area contributed by atoms with Crippen LogP contribution in [0.2, 0.25) is 0 Å². The Labute approximate surface area is 120 Å². The predicted octanol–water partition coefficient (Wildman–Crippen LogP) is 2.31. The fourth-order valence-corrected chi connectivity index (χ4v) is 2.75. The quantitative estimate of drug-likeness (QED) is 0.844. The van der Waals surface area contributed by atoms with Gasteiger partial charge in [-0.1, -0.05) is 12.1 Å². The molecule has 1 heterocycles. The molecule has 2 rings (SSSR count). The van der Waals surface area contributed by atoms with Crippen LogP contribution in [0.15, 0.2) is 24.3 Å². The summed E-state index contributed by atoms with van der Waals surface area (Å²) in [6, 6.07) is 7.06. The smallest absolute Gasteiger partial charge is 0.223 e. The molecule has 3 nitrogen and oxygen atoms in total. The number of rotatable bonds is 4. The first-order valence-electron chi connectivity index (χ1n) is 7.36. The molecular weight excluding hydrogens is 255 g/mol. The fraction of sp³-hybridized carbons (Fsp3) is 0.562. The van der Waals surface area contributed by atoms with Gasteiger partial charge in [-0.2, -0.15) is 0 Å². The largest absolute Gasteiger partial charge is 0.342 e. The van der Waals surface area contributed by atoms with E-state index in [9.17, 15) is 9.18 Å². The van der Waals surface area contributed by atoms with E-state index < -0.39 is 0 Å². The second-order valence-corrected chi connectivity index (χ2v) is 5.44. The molecule has 0 radical (unpaired) electrons. The van der Waals surface area contributed by atoms with E-state index in [1.165, 1.54) is 12.1 Å². The monoisotopic (exact) mass is 278 g/mol. The molecule has 1 saturated heterocycles. The van der Waals surface area contributed by atoms with Crippen molar-refractivity contribution in [2.75, 3.05) is 26.2 Å². The van der Waals surface area contributed by atoms with Crippen molar-refractivity contribution in [3.8, 4) is 0 Å². The maximum Gasteiger partial charge on any atom is 0.223 e. The summed E-state index contributed by atoms with van der Waals surface area (Å²) in [5.41, 5.74) is 1.14. The highest BCUT2D eigenvalue weighted by Crippen LogP contribution is 2.13. The first-order valence-corrected chi connectivity index (χ1v) is 7.36. The summed E-state index contributed by atoms with van der Waals surface area (Å²) in [6.45, 7) is 7.53. The number of carbonyl (C=O) groups is 1. The number of hydrogen-bond donors (Lipinski definition) is 0. The van der Waals surface area contributed by atoms with E-state index in [1.54, 1.807) is 0 Å². The summed E-state index contributed by atoms with van der Waals surface area (Å²) in [4.78, 5) is 16.1. The summed E-state index contributed by atoms with van der Waals surface area (Å²) in [5, 5.41) is 0. The minimum absolute atomic E-state index is 0.194. The topological polar surface area (TPSA) is 23.6 Å². The zero-order valence-corrected chi connectivity index (χ0v) is 12.3. The number of hydrogen-bond acceptors (Lipinski definition) is 2. The van der Waals surface area contributed by atoms with Crippen LogP contribution in [0, 0.1) is 5.82 Å². The van der Waals surface area contributed by atoms with E-state index in [0.717, 1.165) is 38.2 Å². The number of amides is 1. The van der Waals surface area contributed by atoms with Gasteiger partial charge in [0.05, 0.1) is 0 Å². The molecule has 0 aliphatic carbocycles. The first kappa shape index (κ1) is 15.0. The second-order valence-electron chi connectivity index (χ2n) is 5.44. The molecule has 1 aliphatic rings. The van der Waals surface area contributed by atoms with Gasteiger partial charge in [-0.05, 0) is 38.0 Å². The lowest BCUT2D eigenvalue weighted by Gasteiger charge is -2.27. The highest BCUT2D eigenvalue weighted by molar-refractivity contribution is 5.76. The van der Waals surface area contributed by atoms with Crippen molar-refractivity contribution in [2.45, 2.75) is 32.7 Å². The third kappa shape index (κ3) is 3.79. The zero-order chi connectivity index (χ0) is 14.5. The highest BCUT2D eigenvalue weighted by Gasteiger charge is 2.22. The van der Waals surface area contributed by atoms with Crippen molar-refractivity contribution in [3.05, 3.63) is 35.6 Å². The Morgan fingerprint density at radius 2 is 1.90 bits per heavy atom. The predicted molar refractivity (Wildman–Crippen MR) is 78.0 cm³/mol. The van der Waals surface area contributed by atoms with Crippen LogP contribution in [0.5, 0.6) is 0 Å². The van der Waals surface area contributed by atoms with Gasteiger partial charge in [-0.25, -0.2) is 4.39 Å². The number of nitrogens with zero attached hydrogens (tertiary/aromatic N) is 2. The normalized spacial score (nSPS) is 18.9. The number of benzene rings is 1. The molecule has 1 atom stereocenters. The fourth-order valence-electron chi connectivity index (χ4n) is 2.75. The Morgan fingerprint density at radius 3 is 2.55 bits per heavy atom. The van der Waals surface area contributed by atoms with Crippen molar-refractivity contribution in [3.63, 3.8) is 0 Å². The van der Waals surface area contributed by atoms with E-state index in [0.29, 0.717) is 12.5 Å². The standard InChI is InChI=1S/C16H23FN2O/c1-3-18-10-11-19(9-8-16(18)20)13(2)12-14-4-6-15(17)7-5-14/h4-7,13H,3,8-12H2,1-2H3. The lowest BCUT2D eigenvalue weighted by atomic mass is 10.1. The molecule has 0 saturated carbocycles. The van der Waals surface area contributed by atoms with Gasteiger partial charge in [-0.3, -0.25) is 9.69 Å². The summed E-state index contributed by atoms with van der Waals surface area (Å²) in [5.74, 6) is 0.0596. The van der Waals surface area contributed by atoms with Gasteiger partial charge in [0.15, 0.2) is 0 Å². The average molecular weight is 278 g/mol. The maximum atomic E-state index is 12.9. The molecule has 0 spiro atoms. The Hall–Kier alpha value is -1.42. The molecule has 1 aliphatic heterocycles. The zero-order valence-electron chi connectivity index (χ0n) is 12.3. The molecule has 0 aromatic heterocycles. The molecule has 0 N–H and O–H groups in total. The Bertz CT molecular complexity index is 446. The lowest BCUT2D eigenvalue weighted by Crippen LogP contribution is -2.38. The van der Waals surface area contributed by atoms with Crippen molar-refractivity contribution in [1.29, 1.82) is 0 Å². The van der Waals surface area contributed by atoms with Crippen molar-refractivity contribution >= 4 is 5.91 Å². The van der Waals surface area contributed by atoms with Crippen LogP contribution in [0.1, 0.15) is 25.8 Å². The van der Waals surface area contributed by atoms with E-state index >= 15 is 0 Å². The molecule has 0 bridgehead atoms. The summed E-state index contributed by atoms with van der Waals surface area (Å²) in [7, 11) is 0. The van der Waals surface area contributed by atoms with Crippen LogP contribution in [-0.4, -0.2) is 47.9 Å². The number of carbonyl (C=O) groups excluding carboxylic acids is 1. The SMILES string of the molecule is CCN1CCN(C(C)Cc2ccc(F)cc2)CCC1=O. The maximum absolute atomic E-state index is 12.9. The van der Waals surface area contributed by atoms with Gasteiger partial charge in [0.1, 0.15) is 5.82 Å². The third-order valence-electron chi connectivity index (χ3n) is 4.07. The van der Waals surface area contributed by atoms with Gasteiger partial charge < -0.3 is 4.90 Å². The molecule has 1 unspecified atom stereocenters. The van der Waals surface area contributed by atoms with Crippen LogP contribution >= 0.6 is 0 Å². The molecule has 1 aromatic carbocycles. The average Bonchev–Trinajstić information content (AvgIpc) is 2.63. The lowest BCUT2D eigenvalue weighted by molar-refractivity contribution is -0.130. The summed E-state index contributed by atoms with van der Waals surface area (Å²) in [6.07, 6.45) is 1.49. The minimum Gasteiger partial charge on any atom is -0.342 e. The van der Waals surface area contributed by atoms with Crippen molar-refractivity contribution < 1.29 is 9.18 Å². The van der Waals surface area contributed by atoms with Gasteiger partial charge >= 0.3 is 0 Å².